The van der Waals surface area contributed by atoms with Crippen LogP contribution in [0.4, 0.5) is 5.69 Å². The van der Waals surface area contributed by atoms with Gasteiger partial charge in [-0.2, -0.15) is 0 Å². The van der Waals surface area contributed by atoms with E-state index in [-0.39, 0.29) is 0 Å². The van der Waals surface area contributed by atoms with E-state index in [4.69, 9.17) is 15.0 Å². The first kappa shape index (κ1) is 19.5. The lowest BCUT2D eigenvalue weighted by molar-refractivity contribution is 0.706. The van der Waals surface area contributed by atoms with Gasteiger partial charge >= 0.3 is 0 Å². The number of nitrogens with zero attached hydrogens (tertiary/aromatic N) is 3. The van der Waals surface area contributed by atoms with Crippen molar-refractivity contribution in [2.75, 3.05) is 0 Å². The van der Waals surface area contributed by atoms with Crippen molar-refractivity contribution in [3.05, 3.63) is 58.9 Å². The first-order valence-electron chi connectivity index (χ1n) is 10.3. The Morgan fingerprint density at radius 2 is 1.44 bits per heavy atom. The van der Waals surface area contributed by atoms with Crippen LogP contribution >= 0.6 is 0 Å². The van der Waals surface area contributed by atoms with E-state index in [2.05, 4.69) is 58.0 Å². The van der Waals surface area contributed by atoms with Crippen LogP contribution in [0.5, 0.6) is 0 Å². The smallest absolute Gasteiger partial charge is 0.0849 e. The van der Waals surface area contributed by atoms with E-state index in [1.165, 1.54) is 36.8 Å². The Hall–Kier alpha value is -2.29. The Balaban J connectivity index is 1.92. The first-order chi connectivity index (χ1) is 13.1. The number of aromatic nitrogens is 1. The average Bonchev–Trinajstić information content (AvgIpc) is 3.21. The van der Waals surface area contributed by atoms with Crippen LogP contribution in [-0.2, 0) is 12.8 Å². The summed E-state index contributed by atoms with van der Waals surface area (Å²) in [5.41, 5.74) is 7.60. The number of aryl methyl sites for hydroxylation is 2. The van der Waals surface area contributed by atoms with Crippen LogP contribution in [0, 0.1) is 0 Å². The minimum absolute atomic E-state index is 0.480. The molecule has 0 saturated heterocycles. The largest absolute Gasteiger partial charge is 0.284 e. The van der Waals surface area contributed by atoms with E-state index in [1.807, 2.05) is 6.07 Å². The maximum atomic E-state index is 4.99. The Labute approximate surface area is 163 Å². The van der Waals surface area contributed by atoms with Crippen LogP contribution in [0.15, 0.2) is 46.4 Å². The van der Waals surface area contributed by atoms with Gasteiger partial charge in [-0.1, -0.05) is 51.0 Å². The van der Waals surface area contributed by atoms with Crippen molar-refractivity contribution in [2.24, 2.45) is 9.98 Å². The van der Waals surface area contributed by atoms with Gasteiger partial charge in [-0.25, -0.2) is 4.98 Å². The summed E-state index contributed by atoms with van der Waals surface area (Å²) in [6.07, 6.45) is 7.01. The van der Waals surface area contributed by atoms with Crippen molar-refractivity contribution in [2.45, 2.75) is 72.3 Å². The Kier molecular flexibility index (Phi) is 6.54. The molecule has 1 aromatic carbocycles. The molecule has 3 nitrogen and oxygen atoms in total. The van der Waals surface area contributed by atoms with Crippen molar-refractivity contribution < 1.29 is 0 Å². The number of pyridine rings is 1. The molecule has 3 heteroatoms. The molecule has 1 aliphatic carbocycles. The van der Waals surface area contributed by atoms with E-state index in [1.54, 1.807) is 0 Å². The van der Waals surface area contributed by atoms with Gasteiger partial charge in [0.05, 0.1) is 34.5 Å². The molecule has 0 spiro atoms. The van der Waals surface area contributed by atoms with Gasteiger partial charge in [0.1, 0.15) is 0 Å². The van der Waals surface area contributed by atoms with Crippen LogP contribution in [0.2, 0.25) is 0 Å². The molecule has 27 heavy (non-hydrogen) atoms. The summed E-state index contributed by atoms with van der Waals surface area (Å²) in [6.45, 7) is 8.51. The number of benzene rings is 1. The quantitative estimate of drug-likeness (QED) is 0.573. The van der Waals surface area contributed by atoms with Gasteiger partial charge < -0.3 is 0 Å². The van der Waals surface area contributed by atoms with Crippen LogP contribution in [-0.4, -0.2) is 22.4 Å². The highest BCUT2D eigenvalue weighted by molar-refractivity contribution is 6.01. The average molecular weight is 362 g/mol. The summed E-state index contributed by atoms with van der Waals surface area (Å²) >= 11 is 0. The van der Waals surface area contributed by atoms with Crippen LogP contribution in [0.25, 0.3) is 0 Å². The lowest BCUT2D eigenvalue weighted by atomic mass is 10.0. The number of para-hydroxylation sites is 1. The number of rotatable bonds is 6. The minimum Gasteiger partial charge on any atom is -0.284 e. The SMILES string of the molecule is CCc1cccc(CC)c1N=C(C)c1cccc(C(C)=NC2CCCC2)n1. The van der Waals surface area contributed by atoms with Gasteiger partial charge in [0.15, 0.2) is 0 Å². The first-order valence-corrected chi connectivity index (χ1v) is 10.3. The maximum Gasteiger partial charge on any atom is 0.0849 e. The molecule has 0 N–H and O–H groups in total. The Bertz CT molecular complexity index is 820. The Morgan fingerprint density at radius 1 is 0.889 bits per heavy atom. The van der Waals surface area contributed by atoms with Crippen LogP contribution < -0.4 is 0 Å². The molecule has 2 aromatic rings. The molecule has 0 atom stereocenters. The summed E-state index contributed by atoms with van der Waals surface area (Å²) in [4.78, 5) is 14.7. The topological polar surface area (TPSA) is 37.6 Å². The van der Waals surface area contributed by atoms with Crippen molar-refractivity contribution in [3.63, 3.8) is 0 Å². The fraction of sp³-hybridized carbons (Fsp3) is 0.458. The monoisotopic (exact) mass is 361 g/mol. The predicted octanol–water partition coefficient (Wildman–Crippen LogP) is 6.10. The lowest BCUT2D eigenvalue weighted by Crippen LogP contribution is -2.08. The van der Waals surface area contributed by atoms with E-state index < -0.39 is 0 Å². The zero-order valence-electron chi connectivity index (χ0n) is 17.1. The molecular weight excluding hydrogens is 330 g/mol. The van der Waals surface area contributed by atoms with Crippen LogP contribution in [0.3, 0.4) is 0 Å². The maximum absolute atomic E-state index is 4.99. The van der Waals surface area contributed by atoms with E-state index in [0.717, 1.165) is 41.3 Å². The summed E-state index contributed by atoms with van der Waals surface area (Å²) in [6, 6.07) is 13.1. The van der Waals surface area contributed by atoms with Gasteiger partial charge in [-0.05, 0) is 62.8 Å². The highest BCUT2D eigenvalue weighted by atomic mass is 14.9. The molecule has 3 rings (SSSR count). The summed E-state index contributed by atoms with van der Waals surface area (Å²) < 4.78 is 0. The van der Waals surface area contributed by atoms with Gasteiger partial charge in [-0.15, -0.1) is 0 Å². The fourth-order valence-electron chi connectivity index (χ4n) is 3.79. The van der Waals surface area contributed by atoms with E-state index in [0.29, 0.717) is 6.04 Å². The minimum atomic E-state index is 0.480. The second-order valence-corrected chi connectivity index (χ2v) is 7.39. The molecule has 0 amide bonds. The van der Waals surface area contributed by atoms with Gasteiger partial charge in [0.25, 0.3) is 0 Å². The van der Waals surface area contributed by atoms with Gasteiger partial charge in [0, 0.05) is 0 Å². The third-order valence-electron chi connectivity index (χ3n) is 5.44. The number of aliphatic imine (C=N–C) groups is 2. The van der Waals surface area contributed by atoms with Crippen LogP contribution in [0.1, 0.15) is 75.9 Å². The molecule has 1 saturated carbocycles. The van der Waals surface area contributed by atoms with Crippen molar-refractivity contribution in [1.29, 1.82) is 0 Å². The highest BCUT2D eigenvalue weighted by Gasteiger charge is 2.14. The van der Waals surface area contributed by atoms with Gasteiger partial charge in [0.2, 0.25) is 0 Å². The number of hydrogen-bond donors (Lipinski definition) is 0. The van der Waals surface area contributed by atoms with Crippen molar-refractivity contribution in [3.8, 4) is 0 Å². The summed E-state index contributed by atoms with van der Waals surface area (Å²) in [5.74, 6) is 0. The molecule has 0 bridgehead atoms. The predicted molar refractivity (Wildman–Crippen MR) is 116 cm³/mol. The van der Waals surface area contributed by atoms with E-state index >= 15 is 0 Å². The van der Waals surface area contributed by atoms with Gasteiger partial charge in [-0.3, -0.25) is 9.98 Å². The molecule has 1 aliphatic rings. The number of hydrogen-bond acceptors (Lipinski definition) is 3. The second kappa shape index (κ2) is 9.07. The molecule has 1 aromatic heterocycles. The zero-order chi connectivity index (χ0) is 19.2. The van der Waals surface area contributed by atoms with Crippen molar-refractivity contribution in [1.82, 2.24) is 4.98 Å². The summed E-state index contributed by atoms with van der Waals surface area (Å²) in [5, 5.41) is 0. The molecule has 0 aliphatic heterocycles. The Morgan fingerprint density at radius 3 is 2.04 bits per heavy atom. The molecule has 0 unspecified atom stereocenters. The third-order valence-corrected chi connectivity index (χ3v) is 5.44. The lowest BCUT2D eigenvalue weighted by Gasteiger charge is -2.11. The molecule has 142 valence electrons. The zero-order valence-corrected chi connectivity index (χ0v) is 17.1. The molecular formula is C24H31N3. The third kappa shape index (κ3) is 4.71. The van der Waals surface area contributed by atoms with E-state index in [9.17, 15) is 0 Å². The second-order valence-electron chi connectivity index (χ2n) is 7.39. The molecule has 1 fully saturated rings. The van der Waals surface area contributed by atoms with Crippen molar-refractivity contribution >= 4 is 17.1 Å². The standard InChI is InChI=1S/C24H31N3/c1-5-19-11-9-12-20(6-2)24(19)26-18(4)23-16-10-15-22(27-23)17(3)25-21-13-7-8-14-21/h9-12,15-16,21H,5-8,13-14H2,1-4H3. The summed E-state index contributed by atoms with van der Waals surface area (Å²) in [7, 11) is 0. The highest BCUT2D eigenvalue weighted by Crippen LogP contribution is 2.27. The normalized spacial score (nSPS) is 16.1. The fourth-order valence-corrected chi connectivity index (χ4v) is 3.79. The molecule has 1 heterocycles. The molecule has 0 radical (unpaired) electrons.